The minimum absolute atomic E-state index is 0.0730. The molecule has 0 aliphatic carbocycles. The Labute approximate surface area is 172 Å². The van der Waals surface area contributed by atoms with Gasteiger partial charge < -0.3 is 15.4 Å². The number of hydrogen-bond donors (Lipinski definition) is 2. The second kappa shape index (κ2) is 10.1. The summed E-state index contributed by atoms with van der Waals surface area (Å²) in [5.74, 6) is 0.673. The molecule has 0 spiro atoms. The van der Waals surface area contributed by atoms with Crippen molar-refractivity contribution in [3.05, 3.63) is 65.2 Å². The van der Waals surface area contributed by atoms with Crippen LogP contribution in [0.15, 0.2) is 48.5 Å². The number of carbonyl (C=O) groups excluding carboxylic acids is 2. The summed E-state index contributed by atoms with van der Waals surface area (Å²) < 4.78 is 5.56. The number of nitrogens with zero attached hydrogens (tertiary/aromatic N) is 1. The summed E-state index contributed by atoms with van der Waals surface area (Å²) in [5, 5.41) is 5.84. The van der Waals surface area contributed by atoms with Gasteiger partial charge in [-0.3, -0.25) is 14.5 Å². The summed E-state index contributed by atoms with van der Waals surface area (Å²) in [7, 11) is 1.68. The van der Waals surface area contributed by atoms with Gasteiger partial charge in [0.05, 0.1) is 13.2 Å². The first kappa shape index (κ1) is 20.9. The highest BCUT2D eigenvalue weighted by Crippen LogP contribution is 2.31. The van der Waals surface area contributed by atoms with Gasteiger partial charge in [-0.1, -0.05) is 30.3 Å². The van der Waals surface area contributed by atoms with Crippen LogP contribution in [0, 0.1) is 0 Å². The largest absolute Gasteiger partial charge is 0.496 e. The molecule has 2 aromatic carbocycles. The van der Waals surface area contributed by atoms with E-state index in [1.807, 2.05) is 30.3 Å². The first-order chi connectivity index (χ1) is 14.1. The predicted octanol–water partition coefficient (Wildman–Crippen LogP) is 2.90. The predicted molar refractivity (Wildman–Crippen MR) is 113 cm³/mol. The van der Waals surface area contributed by atoms with Gasteiger partial charge in [-0.05, 0) is 49.7 Å². The monoisotopic (exact) mass is 395 g/mol. The van der Waals surface area contributed by atoms with Gasteiger partial charge >= 0.3 is 0 Å². The second-order valence-electron chi connectivity index (χ2n) is 7.32. The molecule has 29 heavy (non-hydrogen) atoms. The highest BCUT2D eigenvalue weighted by atomic mass is 16.5. The van der Waals surface area contributed by atoms with Crippen molar-refractivity contribution in [2.24, 2.45) is 0 Å². The SMILES string of the molecule is COc1ccccc1C(CNC(=O)c1ccc(CNC(C)=O)cc1)N1CCCC1. The molecule has 1 heterocycles. The Morgan fingerprint density at radius 2 is 1.72 bits per heavy atom. The average Bonchev–Trinajstić information content (AvgIpc) is 3.27. The van der Waals surface area contributed by atoms with E-state index in [0.717, 1.165) is 30.0 Å². The van der Waals surface area contributed by atoms with E-state index in [1.54, 1.807) is 19.2 Å². The third-order valence-electron chi connectivity index (χ3n) is 5.29. The topological polar surface area (TPSA) is 70.7 Å². The molecule has 1 fully saturated rings. The fraction of sp³-hybridized carbons (Fsp3) is 0.391. The summed E-state index contributed by atoms with van der Waals surface area (Å²) in [6, 6.07) is 15.4. The second-order valence-corrected chi connectivity index (χ2v) is 7.32. The van der Waals surface area contributed by atoms with E-state index in [9.17, 15) is 9.59 Å². The van der Waals surface area contributed by atoms with Crippen LogP contribution in [0.25, 0.3) is 0 Å². The van der Waals surface area contributed by atoms with Gasteiger partial charge in [0.25, 0.3) is 5.91 Å². The summed E-state index contributed by atoms with van der Waals surface area (Å²) in [6.07, 6.45) is 2.35. The van der Waals surface area contributed by atoms with Crippen LogP contribution < -0.4 is 15.4 Å². The van der Waals surface area contributed by atoms with Crippen molar-refractivity contribution in [1.29, 1.82) is 0 Å². The third kappa shape index (κ3) is 5.57. The van der Waals surface area contributed by atoms with Crippen LogP contribution in [-0.4, -0.2) is 43.5 Å². The molecule has 0 aromatic heterocycles. The van der Waals surface area contributed by atoms with Gasteiger partial charge in [0.1, 0.15) is 5.75 Å². The fourth-order valence-electron chi connectivity index (χ4n) is 3.72. The van der Waals surface area contributed by atoms with E-state index < -0.39 is 0 Å². The number of rotatable bonds is 8. The molecule has 3 rings (SSSR count). The molecule has 6 heteroatoms. The zero-order chi connectivity index (χ0) is 20.6. The van der Waals surface area contributed by atoms with Crippen LogP contribution in [0.2, 0.25) is 0 Å². The van der Waals surface area contributed by atoms with E-state index in [-0.39, 0.29) is 17.9 Å². The summed E-state index contributed by atoms with van der Waals surface area (Å²) in [4.78, 5) is 26.1. The number of benzene rings is 2. The number of para-hydroxylation sites is 1. The van der Waals surface area contributed by atoms with Crippen molar-refractivity contribution in [2.45, 2.75) is 32.4 Å². The Morgan fingerprint density at radius 1 is 1.03 bits per heavy atom. The van der Waals surface area contributed by atoms with Gasteiger partial charge in [-0.15, -0.1) is 0 Å². The Kier molecular flexibility index (Phi) is 7.25. The van der Waals surface area contributed by atoms with Gasteiger partial charge in [0.2, 0.25) is 5.91 Å². The Morgan fingerprint density at radius 3 is 2.38 bits per heavy atom. The molecular weight excluding hydrogens is 366 g/mol. The highest BCUT2D eigenvalue weighted by Gasteiger charge is 2.26. The highest BCUT2D eigenvalue weighted by molar-refractivity contribution is 5.94. The number of amides is 2. The lowest BCUT2D eigenvalue weighted by Gasteiger charge is -2.29. The number of methoxy groups -OCH3 is 1. The van der Waals surface area contributed by atoms with Crippen molar-refractivity contribution in [3.8, 4) is 5.75 Å². The van der Waals surface area contributed by atoms with Crippen molar-refractivity contribution < 1.29 is 14.3 Å². The fourth-order valence-corrected chi connectivity index (χ4v) is 3.72. The van der Waals surface area contributed by atoms with Crippen LogP contribution in [0.1, 0.15) is 47.3 Å². The number of likely N-dealkylation sites (tertiary alicyclic amines) is 1. The lowest BCUT2D eigenvalue weighted by atomic mass is 10.0. The summed E-state index contributed by atoms with van der Waals surface area (Å²) in [5.41, 5.74) is 2.67. The molecule has 154 valence electrons. The molecule has 6 nitrogen and oxygen atoms in total. The number of ether oxygens (including phenoxy) is 1. The Bertz CT molecular complexity index is 830. The normalized spacial score (nSPS) is 15.0. The zero-order valence-electron chi connectivity index (χ0n) is 17.1. The molecule has 1 aliphatic heterocycles. The maximum atomic E-state index is 12.7. The Hall–Kier alpha value is -2.86. The van der Waals surface area contributed by atoms with E-state index in [0.29, 0.717) is 18.7 Å². The lowest BCUT2D eigenvalue weighted by Crippen LogP contribution is -2.37. The van der Waals surface area contributed by atoms with Crippen molar-refractivity contribution in [2.75, 3.05) is 26.7 Å². The minimum Gasteiger partial charge on any atom is -0.496 e. The summed E-state index contributed by atoms with van der Waals surface area (Å²) in [6.45, 7) is 4.52. The maximum absolute atomic E-state index is 12.7. The van der Waals surface area contributed by atoms with E-state index >= 15 is 0 Å². The number of carbonyl (C=O) groups is 2. The van der Waals surface area contributed by atoms with Gasteiger partial charge in [0, 0.05) is 31.1 Å². The van der Waals surface area contributed by atoms with Crippen LogP contribution >= 0.6 is 0 Å². The van der Waals surface area contributed by atoms with Crippen LogP contribution in [0.5, 0.6) is 5.75 Å². The van der Waals surface area contributed by atoms with Crippen molar-refractivity contribution in [1.82, 2.24) is 15.5 Å². The first-order valence-electron chi connectivity index (χ1n) is 10.1. The van der Waals surface area contributed by atoms with Gasteiger partial charge in [-0.25, -0.2) is 0 Å². The number of hydrogen-bond acceptors (Lipinski definition) is 4. The molecule has 2 aromatic rings. The molecular formula is C23H29N3O3. The molecule has 1 unspecified atom stereocenters. The number of nitrogens with one attached hydrogen (secondary N) is 2. The molecule has 0 radical (unpaired) electrons. The lowest BCUT2D eigenvalue weighted by molar-refractivity contribution is -0.119. The van der Waals surface area contributed by atoms with Gasteiger partial charge in [-0.2, -0.15) is 0 Å². The van der Waals surface area contributed by atoms with E-state index in [4.69, 9.17) is 4.74 Å². The van der Waals surface area contributed by atoms with Crippen molar-refractivity contribution >= 4 is 11.8 Å². The van der Waals surface area contributed by atoms with Crippen LogP contribution in [0.4, 0.5) is 0 Å². The molecule has 2 amide bonds. The summed E-state index contributed by atoms with van der Waals surface area (Å²) >= 11 is 0. The standard InChI is InChI=1S/C23H29N3O3/c1-17(27)24-15-18-9-11-19(12-10-18)23(28)25-16-21(26-13-5-6-14-26)20-7-3-4-8-22(20)29-2/h3-4,7-12,21H,5-6,13-16H2,1-2H3,(H,24,27)(H,25,28). The Balaban J connectivity index is 1.67. The van der Waals surface area contributed by atoms with Gasteiger partial charge in [0.15, 0.2) is 0 Å². The van der Waals surface area contributed by atoms with E-state index in [2.05, 4.69) is 21.6 Å². The van der Waals surface area contributed by atoms with Crippen molar-refractivity contribution in [3.63, 3.8) is 0 Å². The van der Waals surface area contributed by atoms with Crippen LogP contribution in [-0.2, 0) is 11.3 Å². The molecule has 1 aliphatic rings. The smallest absolute Gasteiger partial charge is 0.251 e. The molecule has 1 atom stereocenters. The maximum Gasteiger partial charge on any atom is 0.251 e. The minimum atomic E-state index is -0.102. The quantitative estimate of drug-likeness (QED) is 0.721. The molecule has 1 saturated heterocycles. The molecule has 0 saturated carbocycles. The first-order valence-corrected chi connectivity index (χ1v) is 10.1. The van der Waals surface area contributed by atoms with Crippen LogP contribution in [0.3, 0.4) is 0 Å². The van der Waals surface area contributed by atoms with E-state index in [1.165, 1.54) is 19.8 Å². The third-order valence-corrected chi connectivity index (χ3v) is 5.29. The molecule has 2 N–H and O–H groups in total. The average molecular weight is 396 g/mol. The zero-order valence-corrected chi connectivity index (χ0v) is 17.1. The molecule has 0 bridgehead atoms.